The summed E-state index contributed by atoms with van der Waals surface area (Å²) >= 11 is 5.14. The van der Waals surface area contributed by atoms with Gasteiger partial charge in [0.1, 0.15) is 0 Å². The van der Waals surface area contributed by atoms with Crippen molar-refractivity contribution in [3.8, 4) is 0 Å². The van der Waals surface area contributed by atoms with E-state index in [2.05, 4.69) is 31.4 Å². The van der Waals surface area contributed by atoms with Crippen LogP contribution in [0.25, 0.3) is 0 Å². The van der Waals surface area contributed by atoms with Crippen LogP contribution in [0.1, 0.15) is 27.2 Å². The molecule has 1 fully saturated rings. The Kier molecular flexibility index (Phi) is 4.62. The molecule has 1 saturated heterocycles. The molecule has 1 aliphatic rings. The van der Waals surface area contributed by atoms with Gasteiger partial charge >= 0.3 is 0 Å². The molecule has 1 aliphatic heterocycles. The Balaban J connectivity index is 2.16. The number of rotatable bonds is 3. The fourth-order valence-corrected chi connectivity index (χ4v) is 1.90. The average molecular weight is 216 g/mol. The molecular weight excluding hydrogens is 196 g/mol. The first-order valence-electron chi connectivity index (χ1n) is 5.25. The molecule has 0 aromatic carbocycles. The van der Waals surface area contributed by atoms with E-state index in [9.17, 15) is 0 Å². The van der Waals surface area contributed by atoms with Gasteiger partial charge in [0.15, 0.2) is 5.11 Å². The molecule has 2 N–H and O–H groups in total. The molecule has 0 aromatic rings. The monoisotopic (exact) mass is 216 g/mol. The Morgan fingerprint density at radius 1 is 1.57 bits per heavy atom. The topological polar surface area (TPSA) is 33.3 Å². The van der Waals surface area contributed by atoms with Crippen LogP contribution in [0, 0.1) is 5.92 Å². The second kappa shape index (κ2) is 5.51. The summed E-state index contributed by atoms with van der Waals surface area (Å²) in [5.74, 6) is 0.599. The third-order valence-electron chi connectivity index (χ3n) is 2.48. The van der Waals surface area contributed by atoms with E-state index < -0.39 is 0 Å². The van der Waals surface area contributed by atoms with Crippen molar-refractivity contribution in [1.29, 1.82) is 0 Å². The minimum atomic E-state index is 0.365. The molecule has 0 spiro atoms. The number of thiocarbonyl (C=S) groups is 1. The summed E-state index contributed by atoms with van der Waals surface area (Å²) in [6.45, 7) is 8.08. The van der Waals surface area contributed by atoms with Gasteiger partial charge in [-0.2, -0.15) is 0 Å². The summed E-state index contributed by atoms with van der Waals surface area (Å²) in [5.41, 5.74) is 0. The summed E-state index contributed by atoms with van der Waals surface area (Å²) in [4.78, 5) is 0. The predicted octanol–water partition coefficient (Wildman–Crippen LogP) is 1.28. The van der Waals surface area contributed by atoms with Gasteiger partial charge in [-0.3, -0.25) is 0 Å². The van der Waals surface area contributed by atoms with Crippen molar-refractivity contribution in [2.75, 3.05) is 13.2 Å². The number of nitrogens with one attached hydrogen (secondary N) is 2. The molecule has 1 rings (SSSR count). The van der Waals surface area contributed by atoms with Crippen LogP contribution in [0.2, 0.25) is 0 Å². The molecular formula is C10H20N2OS. The maximum Gasteiger partial charge on any atom is 0.166 e. The van der Waals surface area contributed by atoms with Gasteiger partial charge < -0.3 is 15.4 Å². The van der Waals surface area contributed by atoms with Crippen molar-refractivity contribution < 1.29 is 4.74 Å². The van der Waals surface area contributed by atoms with Crippen LogP contribution in [0.4, 0.5) is 0 Å². The summed E-state index contributed by atoms with van der Waals surface area (Å²) < 4.78 is 5.48. The molecule has 0 radical (unpaired) electrons. The molecule has 14 heavy (non-hydrogen) atoms. The zero-order chi connectivity index (χ0) is 10.6. The molecule has 82 valence electrons. The van der Waals surface area contributed by atoms with Gasteiger partial charge in [0.2, 0.25) is 0 Å². The summed E-state index contributed by atoms with van der Waals surface area (Å²) in [6, 6.07) is 0.396. The lowest BCUT2D eigenvalue weighted by atomic mass is 10.0. The van der Waals surface area contributed by atoms with Gasteiger partial charge in [-0.15, -0.1) is 0 Å². The Hall–Kier alpha value is -0.350. The first-order chi connectivity index (χ1) is 6.59. The average Bonchev–Trinajstić information content (AvgIpc) is 2.46. The summed E-state index contributed by atoms with van der Waals surface area (Å²) in [5, 5.41) is 7.14. The van der Waals surface area contributed by atoms with Gasteiger partial charge in [0.25, 0.3) is 0 Å². The SMILES string of the molecule is CC(C)NC(=S)NCC1CCOC1C. The molecule has 3 nitrogen and oxygen atoms in total. The van der Waals surface area contributed by atoms with Crippen LogP contribution in [-0.4, -0.2) is 30.4 Å². The quantitative estimate of drug-likeness (QED) is 0.696. The standard InChI is InChI=1S/C10H20N2OS/c1-7(2)12-10(14)11-6-9-4-5-13-8(9)3/h7-9H,4-6H2,1-3H3,(H2,11,12,14). The summed E-state index contributed by atoms with van der Waals surface area (Å²) in [7, 11) is 0. The Morgan fingerprint density at radius 2 is 2.29 bits per heavy atom. The Bertz CT molecular complexity index is 197. The van der Waals surface area contributed by atoms with Gasteiger partial charge in [0.05, 0.1) is 6.10 Å². The van der Waals surface area contributed by atoms with Crippen molar-refractivity contribution >= 4 is 17.3 Å². The van der Waals surface area contributed by atoms with E-state index in [-0.39, 0.29) is 0 Å². The highest BCUT2D eigenvalue weighted by Gasteiger charge is 2.23. The fraction of sp³-hybridized carbons (Fsp3) is 0.900. The van der Waals surface area contributed by atoms with Crippen LogP contribution in [0.3, 0.4) is 0 Å². The highest BCUT2D eigenvalue weighted by atomic mass is 32.1. The van der Waals surface area contributed by atoms with Gasteiger partial charge in [-0.25, -0.2) is 0 Å². The van der Waals surface area contributed by atoms with Crippen LogP contribution >= 0.6 is 12.2 Å². The molecule has 0 aromatic heterocycles. The van der Waals surface area contributed by atoms with Gasteiger partial charge in [0, 0.05) is 25.1 Å². The van der Waals surface area contributed by atoms with Crippen molar-refractivity contribution in [3.63, 3.8) is 0 Å². The molecule has 1 heterocycles. The first-order valence-corrected chi connectivity index (χ1v) is 5.66. The Labute approximate surface area is 91.6 Å². The maximum absolute atomic E-state index is 5.48. The molecule has 0 saturated carbocycles. The van der Waals surface area contributed by atoms with E-state index in [1.807, 2.05) is 0 Å². The minimum absolute atomic E-state index is 0.365. The lowest BCUT2D eigenvalue weighted by molar-refractivity contribution is 0.106. The van der Waals surface area contributed by atoms with E-state index in [4.69, 9.17) is 17.0 Å². The largest absolute Gasteiger partial charge is 0.378 e. The van der Waals surface area contributed by atoms with Crippen LogP contribution in [0.15, 0.2) is 0 Å². The Morgan fingerprint density at radius 3 is 2.79 bits per heavy atom. The highest BCUT2D eigenvalue weighted by molar-refractivity contribution is 7.80. The molecule has 2 atom stereocenters. The van der Waals surface area contributed by atoms with Crippen molar-refractivity contribution in [2.24, 2.45) is 5.92 Å². The van der Waals surface area contributed by atoms with E-state index >= 15 is 0 Å². The normalized spacial score (nSPS) is 26.6. The molecule has 0 aliphatic carbocycles. The molecule has 0 bridgehead atoms. The third kappa shape index (κ3) is 3.80. The second-order valence-corrected chi connectivity index (χ2v) is 4.54. The second-order valence-electron chi connectivity index (χ2n) is 4.13. The fourth-order valence-electron chi connectivity index (χ4n) is 1.58. The van der Waals surface area contributed by atoms with E-state index in [0.717, 1.165) is 24.7 Å². The van der Waals surface area contributed by atoms with Crippen LogP contribution < -0.4 is 10.6 Å². The van der Waals surface area contributed by atoms with E-state index in [0.29, 0.717) is 18.1 Å². The first kappa shape index (κ1) is 11.7. The molecule has 0 amide bonds. The number of hydrogen-bond acceptors (Lipinski definition) is 2. The van der Waals surface area contributed by atoms with E-state index in [1.54, 1.807) is 0 Å². The van der Waals surface area contributed by atoms with Gasteiger partial charge in [-0.05, 0) is 39.4 Å². The third-order valence-corrected chi connectivity index (χ3v) is 2.74. The smallest absolute Gasteiger partial charge is 0.166 e. The van der Waals surface area contributed by atoms with Crippen molar-refractivity contribution in [2.45, 2.75) is 39.3 Å². The summed E-state index contributed by atoms with van der Waals surface area (Å²) in [6.07, 6.45) is 1.50. The van der Waals surface area contributed by atoms with Crippen LogP contribution in [-0.2, 0) is 4.74 Å². The minimum Gasteiger partial charge on any atom is -0.378 e. The molecule has 2 unspecified atom stereocenters. The van der Waals surface area contributed by atoms with E-state index in [1.165, 1.54) is 0 Å². The van der Waals surface area contributed by atoms with Crippen LogP contribution in [0.5, 0.6) is 0 Å². The number of ether oxygens (including phenoxy) is 1. The lowest BCUT2D eigenvalue weighted by Gasteiger charge is -2.18. The highest BCUT2D eigenvalue weighted by Crippen LogP contribution is 2.18. The lowest BCUT2D eigenvalue weighted by Crippen LogP contribution is -2.42. The van der Waals surface area contributed by atoms with Crippen molar-refractivity contribution in [1.82, 2.24) is 10.6 Å². The molecule has 4 heteroatoms. The van der Waals surface area contributed by atoms with Gasteiger partial charge in [-0.1, -0.05) is 0 Å². The predicted molar refractivity (Wildman–Crippen MR) is 62.4 cm³/mol. The van der Waals surface area contributed by atoms with Crippen molar-refractivity contribution in [3.05, 3.63) is 0 Å². The zero-order valence-electron chi connectivity index (χ0n) is 9.17. The number of hydrogen-bond donors (Lipinski definition) is 2. The maximum atomic E-state index is 5.48. The zero-order valence-corrected chi connectivity index (χ0v) is 9.99.